The first-order valence-corrected chi connectivity index (χ1v) is 9.63. The van der Waals surface area contributed by atoms with Crippen molar-refractivity contribution in [2.45, 2.75) is 51.1 Å². The van der Waals surface area contributed by atoms with Crippen molar-refractivity contribution in [3.8, 4) is 0 Å². The molecule has 1 aliphatic heterocycles. The van der Waals surface area contributed by atoms with Crippen LogP contribution in [0.4, 0.5) is 0 Å². The van der Waals surface area contributed by atoms with E-state index in [0.717, 1.165) is 33.2 Å². The van der Waals surface area contributed by atoms with Gasteiger partial charge in [0.05, 0.1) is 31.2 Å². The summed E-state index contributed by atoms with van der Waals surface area (Å²) >= 11 is 6.50. The van der Waals surface area contributed by atoms with Gasteiger partial charge in [0, 0.05) is 16.8 Å². The number of fused-ring (bicyclic) bond motifs is 1. The molecule has 1 saturated heterocycles. The Morgan fingerprint density at radius 3 is 2.74 bits per heavy atom. The van der Waals surface area contributed by atoms with Gasteiger partial charge in [-0.1, -0.05) is 23.7 Å². The van der Waals surface area contributed by atoms with Crippen molar-refractivity contribution in [1.29, 1.82) is 0 Å². The second-order valence-electron chi connectivity index (χ2n) is 7.33. The van der Waals surface area contributed by atoms with Crippen molar-refractivity contribution in [3.05, 3.63) is 69.9 Å². The van der Waals surface area contributed by atoms with Crippen molar-refractivity contribution >= 4 is 22.6 Å². The molecular weight excluding hydrogens is 364 g/mol. The van der Waals surface area contributed by atoms with E-state index in [1.54, 1.807) is 6.26 Å². The summed E-state index contributed by atoms with van der Waals surface area (Å²) in [5.74, 6) is 0. The zero-order valence-corrected chi connectivity index (χ0v) is 15.9. The molecule has 2 N–H and O–H groups in total. The van der Waals surface area contributed by atoms with Gasteiger partial charge in [-0.3, -0.25) is 0 Å². The van der Waals surface area contributed by atoms with E-state index in [2.05, 4.69) is 6.07 Å². The molecule has 4 nitrogen and oxygen atoms in total. The molecular formula is C22H23ClO4. The zero-order chi connectivity index (χ0) is 19.0. The lowest BCUT2D eigenvalue weighted by molar-refractivity contribution is -0.0901. The van der Waals surface area contributed by atoms with E-state index in [9.17, 15) is 10.2 Å². The highest BCUT2D eigenvalue weighted by Crippen LogP contribution is 2.36. The van der Waals surface area contributed by atoms with Crippen LogP contribution in [-0.2, 0) is 17.8 Å². The lowest BCUT2D eigenvalue weighted by Crippen LogP contribution is -2.30. The summed E-state index contributed by atoms with van der Waals surface area (Å²) in [5.41, 5.74) is 4.63. The molecule has 3 atom stereocenters. The molecule has 0 radical (unpaired) electrons. The van der Waals surface area contributed by atoms with E-state index in [1.807, 2.05) is 37.3 Å². The molecule has 0 saturated carbocycles. The van der Waals surface area contributed by atoms with Gasteiger partial charge in [-0.25, -0.2) is 0 Å². The molecule has 0 aliphatic carbocycles. The van der Waals surface area contributed by atoms with Gasteiger partial charge in [-0.2, -0.15) is 0 Å². The lowest BCUT2D eigenvalue weighted by atomic mass is 9.91. The molecule has 2 aromatic carbocycles. The number of furan rings is 1. The summed E-state index contributed by atoms with van der Waals surface area (Å²) in [6, 6.07) is 11.9. The molecule has 3 aromatic rings. The molecule has 2 heterocycles. The third kappa shape index (κ3) is 3.90. The first-order valence-electron chi connectivity index (χ1n) is 9.25. The summed E-state index contributed by atoms with van der Waals surface area (Å²) < 4.78 is 11.5. The van der Waals surface area contributed by atoms with E-state index in [4.69, 9.17) is 20.8 Å². The van der Waals surface area contributed by atoms with Gasteiger partial charge in [0.2, 0.25) is 0 Å². The van der Waals surface area contributed by atoms with E-state index in [0.29, 0.717) is 24.3 Å². The Balaban J connectivity index is 1.68. The average Bonchev–Trinajstić information content (AvgIpc) is 3.10. The maximum atomic E-state index is 10.1. The molecule has 0 bridgehead atoms. The normalized spacial score (nSPS) is 23.0. The third-order valence-electron chi connectivity index (χ3n) is 5.22. The Labute approximate surface area is 163 Å². The number of rotatable bonds is 4. The highest BCUT2D eigenvalue weighted by molar-refractivity contribution is 6.31. The number of benzene rings is 2. The van der Waals surface area contributed by atoms with Crippen LogP contribution in [0.2, 0.25) is 5.02 Å². The summed E-state index contributed by atoms with van der Waals surface area (Å²) in [6.45, 7) is 1.85. The Hall–Kier alpha value is -1.85. The Morgan fingerprint density at radius 1 is 1.11 bits per heavy atom. The van der Waals surface area contributed by atoms with Crippen molar-refractivity contribution in [1.82, 2.24) is 0 Å². The van der Waals surface area contributed by atoms with Crippen LogP contribution in [0.15, 0.2) is 47.1 Å². The maximum Gasteiger partial charge on any atom is 0.133 e. The molecule has 1 aromatic heterocycles. The van der Waals surface area contributed by atoms with Crippen LogP contribution in [0, 0.1) is 0 Å². The molecule has 1 fully saturated rings. The number of aliphatic hydroxyl groups excluding tert-OH is 2. The van der Waals surface area contributed by atoms with Crippen LogP contribution in [0.25, 0.3) is 11.0 Å². The second-order valence-corrected chi connectivity index (χ2v) is 7.74. The molecule has 0 spiro atoms. The van der Waals surface area contributed by atoms with Gasteiger partial charge in [-0.05, 0) is 66.3 Å². The largest absolute Gasteiger partial charge is 0.464 e. The predicted octanol–water partition coefficient (Wildman–Crippen LogP) is 4.77. The summed E-state index contributed by atoms with van der Waals surface area (Å²) in [4.78, 5) is 0. The fourth-order valence-electron chi connectivity index (χ4n) is 3.91. The summed E-state index contributed by atoms with van der Waals surface area (Å²) in [7, 11) is 0. The van der Waals surface area contributed by atoms with Gasteiger partial charge >= 0.3 is 0 Å². The number of hydrogen-bond donors (Lipinski definition) is 2. The van der Waals surface area contributed by atoms with Gasteiger partial charge < -0.3 is 19.4 Å². The van der Waals surface area contributed by atoms with Crippen LogP contribution in [0.1, 0.15) is 48.1 Å². The quantitative estimate of drug-likeness (QED) is 0.678. The number of halogens is 1. The van der Waals surface area contributed by atoms with Crippen LogP contribution in [0.3, 0.4) is 0 Å². The Morgan fingerprint density at radius 2 is 1.96 bits per heavy atom. The monoisotopic (exact) mass is 386 g/mol. The highest BCUT2D eigenvalue weighted by atomic mass is 35.5. The van der Waals surface area contributed by atoms with Crippen molar-refractivity contribution in [2.24, 2.45) is 0 Å². The molecule has 142 valence electrons. The molecule has 5 heteroatoms. The molecule has 3 unspecified atom stereocenters. The predicted molar refractivity (Wildman–Crippen MR) is 105 cm³/mol. The van der Waals surface area contributed by atoms with Crippen molar-refractivity contribution in [3.63, 3.8) is 0 Å². The van der Waals surface area contributed by atoms with Crippen LogP contribution in [-0.4, -0.2) is 22.4 Å². The average molecular weight is 387 g/mol. The maximum absolute atomic E-state index is 10.1. The van der Waals surface area contributed by atoms with E-state index < -0.39 is 6.10 Å². The SMILES string of the molecule is CC1CC(O)CC(c2cc(Cc3ccc4occc4c3)c(Cl)cc2CO)O1. The van der Waals surface area contributed by atoms with Gasteiger partial charge in [0.1, 0.15) is 5.58 Å². The van der Waals surface area contributed by atoms with E-state index in [-0.39, 0.29) is 18.8 Å². The minimum atomic E-state index is -0.395. The molecule has 1 aliphatic rings. The third-order valence-corrected chi connectivity index (χ3v) is 5.58. The van der Waals surface area contributed by atoms with Crippen molar-refractivity contribution in [2.75, 3.05) is 0 Å². The Kier molecular flexibility index (Phi) is 5.24. The minimum Gasteiger partial charge on any atom is -0.464 e. The lowest BCUT2D eigenvalue weighted by Gasteiger charge is -2.33. The fraction of sp³-hybridized carbons (Fsp3) is 0.364. The van der Waals surface area contributed by atoms with Crippen LogP contribution < -0.4 is 0 Å². The van der Waals surface area contributed by atoms with Crippen LogP contribution >= 0.6 is 11.6 Å². The smallest absolute Gasteiger partial charge is 0.133 e. The number of aliphatic hydroxyl groups is 2. The number of ether oxygens (including phenoxy) is 1. The summed E-state index contributed by atoms with van der Waals surface area (Å²) in [6.07, 6.45) is 2.86. The zero-order valence-electron chi connectivity index (χ0n) is 15.2. The van der Waals surface area contributed by atoms with Crippen molar-refractivity contribution < 1.29 is 19.4 Å². The summed E-state index contributed by atoms with van der Waals surface area (Å²) in [5, 5.41) is 21.6. The molecule has 27 heavy (non-hydrogen) atoms. The first kappa shape index (κ1) is 18.5. The Bertz CT molecular complexity index is 939. The van der Waals surface area contributed by atoms with Gasteiger partial charge in [0.15, 0.2) is 0 Å². The second kappa shape index (κ2) is 7.64. The fourth-order valence-corrected chi connectivity index (χ4v) is 4.17. The van der Waals surface area contributed by atoms with Crippen LogP contribution in [0.5, 0.6) is 0 Å². The number of hydrogen-bond acceptors (Lipinski definition) is 4. The highest BCUT2D eigenvalue weighted by Gasteiger charge is 2.29. The molecule has 4 rings (SSSR count). The molecule has 0 amide bonds. The minimum absolute atomic E-state index is 0.0204. The van der Waals surface area contributed by atoms with E-state index >= 15 is 0 Å². The topological polar surface area (TPSA) is 62.8 Å². The van der Waals surface area contributed by atoms with Gasteiger partial charge in [0.25, 0.3) is 0 Å². The standard InChI is InChI=1S/C22H23ClO4/c1-13-6-18(25)11-22(27-13)19-9-16(20(23)10-17(19)12-24)8-14-2-3-21-15(7-14)4-5-26-21/h2-5,7,9-10,13,18,22,24-25H,6,8,11-12H2,1H3. The van der Waals surface area contributed by atoms with E-state index in [1.165, 1.54) is 0 Å². The first-order chi connectivity index (χ1) is 13.0. The van der Waals surface area contributed by atoms with Gasteiger partial charge in [-0.15, -0.1) is 0 Å².